The van der Waals surface area contributed by atoms with Gasteiger partial charge in [0.25, 0.3) is 5.91 Å². The summed E-state index contributed by atoms with van der Waals surface area (Å²) in [5.41, 5.74) is 1.88. The smallest absolute Gasteiger partial charge is 0.254 e. The van der Waals surface area contributed by atoms with Crippen molar-refractivity contribution in [1.82, 2.24) is 4.90 Å². The van der Waals surface area contributed by atoms with Crippen LogP contribution in [0.4, 0.5) is 0 Å². The number of hydrogen-bond donors (Lipinski definition) is 0. The first kappa shape index (κ1) is 14.8. The monoisotopic (exact) mass is 273 g/mol. The molecule has 0 saturated carbocycles. The third-order valence-electron chi connectivity index (χ3n) is 3.96. The molecule has 0 spiro atoms. The molecule has 0 aromatic heterocycles. The number of aryl methyl sites for hydroxylation is 1. The average Bonchev–Trinajstić information content (AvgIpc) is 2.63. The molecule has 3 nitrogen and oxygen atoms in total. The number of rotatable bonds is 3. The quantitative estimate of drug-likeness (QED) is 0.847. The fourth-order valence-corrected chi connectivity index (χ4v) is 2.85. The second kappa shape index (κ2) is 6.69. The van der Waals surface area contributed by atoms with Crippen LogP contribution in [0.5, 0.6) is 0 Å². The van der Waals surface area contributed by atoms with Gasteiger partial charge in [-0.3, -0.25) is 9.59 Å². The largest absolute Gasteiger partial charge is 0.335 e. The zero-order chi connectivity index (χ0) is 14.5. The van der Waals surface area contributed by atoms with Crippen molar-refractivity contribution in [3.05, 3.63) is 35.4 Å². The van der Waals surface area contributed by atoms with Crippen LogP contribution in [0.3, 0.4) is 0 Å². The van der Waals surface area contributed by atoms with Crippen molar-refractivity contribution in [2.45, 2.75) is 52.0 Å². The van der Waals surface area contributed by atoms with E-state index in [0.717, 1.165) is 43.4 Å². The van der Waals surface area contributed by atoms with Crippen LogP contribution >= 0.6 is 0 Å². The molecule has 1 aliphatic heterocycles. The first-order valence-corrected chi connectivity index (χ1v) is 7.45. The van der Waals surface area contributed by atoms with Crippen LogP contribution in [-0.2, 0) is 4.79 Å². The van der Waals surface area contributed by atoms with Crippen molar-refractivity contribution < 1.29 is 9.59 Å². The topological polar surface area (TPSA) is 37.4 Å². The highest BCUT2D eigenvalue weighted by Gasteiger charge is 2.27. The zero-order valence-corrected chi connectivity index (χ0v) is 12.4. The molecule has 0 aliphatic carbocycles. The van der Waals surface area contributed by atoms with Crippen LogP contribution in [0.2, 0.25) is 0 Å². The number of carbonyl (C=O) groups excluding carboxylic acids is 2. The van der Waals surface area contributed by atoms with Crippen LogP contribution in [0, 0.1) is 6.92 Å². The predicted molar refractivity (Wildman–Crippen MR) is 79.8 cm³/mol. The summed E-state index contributed by atoms with van der Waals surface area (Å²) in [7, 11) is 0. The van der Waals surface area contributed by atoms with Gasteiger partial charge in [0.15, 0.2) is 0 Å². The van der Waals surface area contributed by atoms with Crippen molar-refractivity contribution in [3.63, 3.8) is 0 Å². The molecule has 0 N–H and O–H groups in total. The normalized spacial score (nSPS) is 19.5. The summed E-state index contributed by atoms with van der Waals surface area (Å²) in [6.45, 7) is 4.39. The van der Waals surface area contributed by atoms with Crippen LogP contribution in [0.15, 0.2) is 24.3 Å². The first-order valence-electron chi connectivity index (χ1n) is 7.45. The molecule has 1 amide bonds. The van der Waals surface area contributed by atoms with Crippen molar-refractivity contribution in [2.24, 2.45) is 0 Å². The molecule has 3 heteroatoms. The Balaban J connectivity index is 2.18. The minimum atomic E-state index is 0.0677. The van der Waals surface area contributed by atoms with E-state index in [1.807, 2.05) is 36.1 Å². The summed E-state index contributed by atoms with van der Waals surface area (Å²) in [5, 5.41) is 0. The summed E-state index contributed by atoms with van der Waals surface area (Å²) in [6.07, 6.45) is 4.71. The van der Waals surface area contributed by atoms with E-state index in [0.29, 0.717) is 6.42 Å². The number of carbonyl (C=O) groups is 2. The van der Waals surface area contributed by atoms with Gasteiger partial charge in [0.05, 0.1) is 0 Å². The summed E-state index contributed by atoms with van der Waals surface area (Å²) in [5.74, 6) is 0.233. The number of ketones is 1. The Morgan fingerprint density at radius 1 is 1.15 bits per heavy atom. The number of benzene rings is 1. The van der Waals surface area contributed by atoms with Gasteiger partial charge in [0.1, 0.15) is 5.78 Å². The van der Waals surface area contributed by atoms with Gasteiger partial charge in [-0.15, -0.1) is 0 Å². The second-order valence-corrected chi connectivity index (χ2v) is 5.77. The highest BCUT2D eigenvalue weighted by atomic mass is 16.2. The SMILES string of the molecule is CC(=O)CC1CCCCCN1C(=O)c1ccc(C)cc1. The minimum absolute atomic E-state index is 0.0677. The maximum Gasteiger partial charge on any atom is 0.254 e. The van der Waals surface area contributed by atoms with Crippen LogP contribution in [0.25, 0.3) is 0 Å². The molecule has 0 bridgehead atoms. The van der Waals surface area contributed by atoms with Gasteiger partial charge >= 0.3 is 0 Å². The Morgan fingerprint density at radius 2 is 1.85 bits per heavy atom. The number of hydrogen-bond acceptors (Lipinski definition) is 2. The van der Waals surface area contributed by atoms with E-state index in [9.17, 15) is 9.59 Å². The molecule has 1 heterocycles. The number of Topliss-reactive ketones (excluding diaryl/α,β-unsaturated/α-hetero) is 1. The molecular formula is C17H23NO2. The average molecular weight is 273 g/mol. The van der Waals surface area contributed by atoms with Gasteiger partial charge in [0.2, 0.25) is 0 Å². The van der Waals surface area contributed by atoms with Gasteiger partial charge in [-0.1, -0.05) is 30.5 Å². The van der Waals surface area contributed by atoms with Gasteiger partial charge in [-0.2, -0.15) is 0 Å². The lowest BCUT2D eigenvalue weighted by atomic mass is 10.0. The van der Waals surface area contributed by atoms with Crippen molar-refractivity contribution in [1.29, 1.82) is 0 Å². The fraction of sp³-hybridized carbons (Fsp3) is 0.529. The van der Waals surface area contributed by atoms with Crippen molar-refractivity contribution in [3.8, 4) is 0 Å². The van der Waals surface area contributed by atoms with Gasteiger partial charge < -0.3 is 4.90 Å². The van der Waals surface area contributed by atoms with Crippen molar-refractivity contribution in [2.75, 3.05) is 6.54 Å². The highest BCUT2D eigenvalue weighted by molar-refractivity contribution is 5.94. The maximum absolute atomic E-state index is 12.7. The molecule has 0 radical (unpaired) electrons. The Labute approximate surface area is 121 Å². The molecule has 1 aromatic carbocycles. The highest BCUT2D eigenvalue weighted by Crippen LogP contribution is 2.22. The molecular weight excluding hydrogens is 250 g/mol. The Bertz CT molecular complexity index is 478. The van der Waals surface area contributed by atoms with E-state index < -0.39 is 0 Å². The Hall–Kier alpha value is -1.64. The lowest BCUT2D eigenvalue weighted by Crippen LogP contribution is -2.41. The van der Waals surface area contributed by atoms with Gasteiger partial charge in [-0.05, 0) is 38.8 Å². The van der Waals surface area contributed by atoms with E-state index in [4.69, 9.17) is 0 Å². The number of amides is 1. The fourth-order valence-electron chi connectivity index (χ4n) is 2.85. The molecule has 1 aromatic rings. The molecule has 1 unspecified atom stereocenters. The molecule has 1 saturated heterocycles. The summed E-state index contributed by atoms with van der Waals surface area (Å²) >= 11 is 0. The minimum Gasteiger partial charge on any atom is -0.335 e. The molecule has 20 heavy (non-hydrogen) atoms. The van der Waals surface area contributed by atoms with Crippen molar-refractivity contribution >= 4 is 11.7 Å². The lowest BCUT2D eigenvalue weighted by Gasteiger charge is -2.29. The molecule has 1 atom stereocenters. The van der Waals surface area contributed by atoms with Crippen LogP contribution in [0.1, 0.15) is 54.9 Å². The Morgan fingerprint density at radius 3 is 2.50 bits per heavy atom. The van der Waals surface area contributed by atoms with Gasteiger partial charge in [0, 0.05) is 24.6 Å². The van der Waals surface area contributed by atoms with Crippen LogP contribution < -0.4 is 0 Å². The number of nitrogens with zero attached hydrogens (tertiary/aromatic N) is 1. The predicted octanol–water partition coefficient (Wildman–Crippen LogP) is 3.36. The van der Waals surface area contributed by atoms with E-state index in [1.54, 1.807) is 6.92 Å². The first-order chi connectivity index (χ1) is 9.58. The van der Waals surface area contributed by atoms with E-state index >= 15 is 0 Å². The van der Waals surface area contributed by atoms with Crippen LogP contribution in [-0.4, -0.2) is 29.2 Å². The second-order valence-electron chi connectivity index (χ2n) is 5.77. The molecule has 1 fully saturated rings. The van der Waals surface area contributed by atoms with E-state index in [1.165, 1.54) is 0 Å². The molecule has 2 rings (SSSR count). The molecule has 1 aliphatic rings. The third kappa shape index (κ3) is 3.69. The summed E-state index contributed by atoms with van der Waals surface area (Å²) in [4.78, 5) is 26.0. The standard InChI is InChI=1S/C17H23NO2/c1-13-7-9-15(10-8-13)17(20)18-11-5-3-4-6-16(18)12-14(2)19/h7-10,16H,3-6,11-12H2,1-2H3. The molecule has 108 valence electrons. The van der Waals surface area contributed by atoms with Gasteiger partial charge in [-0.25, -0.2) is 0 Å². The van der Waals surface area contributed by atoms with E-state index in [2.05, 4.69) is 0 Å². The third-order valence-corrected chi connectivity index (χ3v) is 3.96. The summed E-state index contributed by atoms with van der Waals surface area (Å²) < 4.78 is 0. The Kier molecular flexibility index (Phi) is 4.94. The number of likely N-dealkylation sites (tertiary alicyclic amines) is 1. The van der Waals surface area contributed by atoms with E-state index in [-0.39, 0.29) is 17.7 Å². The lowest BCUT2D eigenvalue weighted by molar-refractivity contribution is -0.118. The summed E-state index contributed by atoms with van der Waals surface area (Å²) in [6, 6.07) is 7.76. The maximum atomic E-state index is 12.7. The zero-order valence-electron chi connectivity index (χ0n) is 12.4.